The smallest absolute Gasteiger partial charge is 0.235 e. The first-order valence-corrected chi connectivity index (χ1v) is 19.8. The highest BCUT2D eigenvalue weighted by Crippen LogP contribution is 2.43. The first kappa shape index (κ1) is 32.4. The Labute approximate surface area is 334 Å². The molecular weight excluding hydrogens is 705 g/mol. The topological polar surface area (TPSA) is 35.6 Å². The average molecular weight is 739 g/mol. The van der Waals surface area contributed by atoms with E-state index in [4.69, 9.17) is 9.97 Å². The SMILES string of the molecule is c1ccc(-c2cccc(-c3nc(-n4c5ccccc5c5cc(-c6ccc7c(c6)c6ccccc6n7-c6ccccc6)c6ccccc6c54)nc4ccccc34)c2)cc1. The zero-order valence-electron chi connectivity index (χ0n) is 31.4. The van der Waals surface area contributed by atoms with Crippen molar-refractivity contribution in [2.45, 2.75) is 0 Å². The fourth-order valence-electron chi connectivity index (χ4n) is 9.13. The van der Waals surface area contributed by atoms with Gasteiger partial charge >= 0.3 is 0 Å². The van der Waals surface area contributed by atoms with Crippen LogP contribution < -0.4 is 0 Å². The summed E-state index contributed by atoms with van der Waals surface area (Å²) in [6.45, 7) is 0. The van der Waals surface area contributed by atoms with Gasteiger partial charge in [-0.1, -0.05) is 152 Å². The predicted octanol–water partition coefficient (Wildman–Crippen LogP) is 14.0. The maximum absolute atomic E-state index is 5.48. The minimum Gasteiger partial charge on any atom is -0.309 e. The van der Waals surface area contributed by atoms with Crippen LogP contribution in [0.15, 0.2) is 206 Å². The summed E-state index contributed by atoms with van der Waals surface area (Å²) in [4.78, 5) is 10.8. The van der Waals surface area contributed by atoms with Gasteiger partial charge in [0.2, 0.25) is 5.95 Å². The van der Waals surface area contributed by atoms with Crippen LogP contribution in [0.1, 0.15) is 0 Å². The summed E-state index contributed by atoms with van der Waals surface area (Å²) >= 11 is 0. The van der Waals surface area contributed by atoms with Crippen LogP contribution in [-0.2, 0) is 0 Å². The van der Waals surface area contributed by atoms with E-state index < -0.39 is 0 Å². The van der Waals surface area contributed by atoms with Gasteiger partial charge in [-0.2, -0.15) is 0 Å². The summed E-state index contributed by atoms with van der Waals surface area (Å²) in [5, 5.41) is 8.16. The van der Waals surface area contributed by atoms with Gasteiger partial charge in [0.05, 0.1) is 33.3 Å². The maximum atomic E-state index is 5.48. The van der Waals surface area contributed by atoms with Crippen LogP contribution in [0.25, 0.3) is 110 Å². The number of hydrogen-bond donors (Lipinski definition) is 0. The molecule has 0 N–H and O–H groups in total. The first-order valence-electron chi connectivity index (χ1n) is 19.8. The molecule has 0 aliphatic carbocycles. The molecule has 0 unspecified atom stereocenters. The largest absolute Gasteiger partial charge is 0.309 e. The summed E-state index contributed by atoms with van der Waals surface area (Å²) in [6.07, 6.45) is 0. The molecule has 0 bridgehead atoms. The molecule has 12 aromatic rings. The van der Waals surface area contributed by atoms with Gasteiger partial charge in [0.1, 0.15) is 0 Å². The van der Waals surface area contributed by atoms with Crippen LogP contribution in [0.3, 0.4) is 0 Å². The van der Waals surface area contributed by atoms with Crippen LogP contribution in [0.2, 0.25) is 0 Å². The molecule has 0 amide bonds. The molecule has 12 rings (SSSR count). The molecule has 9 aromatic carbocycles. The third kappa shape index (κ3) is 4.95. The maximum Gasteiger partial charge on any atom is 0.235 e. The third-order valence-electron chi connectivity index (χ3n) is 11.7. The summed E-state index contributed by atoms with van der Waals surface area (Å²) in [5.41, 5.74) is 13.3. The molecule has 0 saturated carbocycles. The highest BCUT2D eigenvalue weighted by Gasteiger charge is 2.22. The Morgan fingerprint density at radius 2 is 0.897 bits per heavy atom. The van der Waals surface area contributed by atoms with Crippen molar-refractivity contribution < 1.29 is 0 Å². The second-order valence-corrected chi connectivity index (χ2v) is 15.0. The van der Waals surface area contributed by atoms with Gasteiger partial charge in [0.25, 0.3) is 0 Å². The Balaban J connectivity index is 1.11. The minimum atomic E-state index is 0.651. The Kier molecular flexibility index (Phi) is 7.20. The normalized spacial score (nSPS) is 11.8. The van der Waals surface area contributed by atoms with Gasteiger partial charge in [-0.25, -0.2) is 9.97 Å². The van der Waals surface area contributed by atoms with Gasteiger partial charge in [-0.05, 0) is 82.2 Å². The van der Waals surface area contributed by atoms with Crippen molar-refractivity contribution in [3.8, 4) is 45.1 Å². The monoisotopic (exact) mass is 738 g/mol. The van der Waals surface area contributed by atoms with Gasteiger partial charge in [0.15, 0.2) is 0 Å². The summed E-state index contributed by atoms with van der Waals surface area (Å²) in [7, 11) is 0. The van der Waals surface area contributed by atoms with E-state index in [1.807, 2.05) is 0 Å². The van der Waals surface area contributed by atoms with Crippen molar-refractivity contribution in [2.75, 3.05) is 0 Å². The van der Waals surface area contributed by atoms with Crippen LogP contribution in [0.4, 0.5) is 0 Å². The van der Waals surface area contributed by atoms with Crippen molar-refractivity contribution in [3.63, 3.8) is 0 Å². The summed E-state index contributed by atoms with van der Waals surface area (Å²) in [5.74, 6) is 0.651. The molecule has 3 heterocycles. The zero-order chi connectivity index (χ0) is 38.2. The van der Waals surface area contributed by atoms with Crippen LogP contribution in [-0.4, -0.2) is 19.1 Å². The second kappa shape index (κ2) is 12.9. The van der Waals surface area contributed by atoms with E-state index in [0.29, 0.717) is 5.95 Å². The molecule has 58 heavy (non-hydrogen) atoms. The van der Waals surface area contributed by atoms with Crippen LogP contribution >= 0.6 is 0 Å². The minimum absolute atomic E-state index is 0.651. The van der Waals surface area contributed by atoms with Gasteiger partial charge < -0.3 is 4.57 Å². The van der Waals surface area contributed by atoms with E-state index in [0.717, 1.165) is 55.2 Å². The summed E-state index contributed by atoms with van der Waals surface area (Å²) in [6, 6.07) is 73.8. The fraction of sp³-hybridized carbons (Fsp3) is 0. The molecule has 270 valence electrons. The highest BCUT2D eigenvalue weighted by molar-refractivity contribution is 6.22. The van der Waals surface area contributed by atoms with Crippen LogP contribution in [0, 0.1) is 0 Å². The molecule has 4 heteroatoms. The Morgan fingerprint density at radius 1 is 0.310 bits per heavy atom. The lowest BCUT2D eigenvalue weighted by Crippen LogP contribution is -2.04. The molecule has 0 saturated heterocycles. The molecule has 0 spiro atoms. The van der Waals surface area contributed by atoms with Crippen molar-refractivity contribution in [1.82, 2.24) is 19.1 Å². The molecule has 0 atom stereocenters. The van der Waals surface area contributed by atoms with Crippen molar-refractivity contribution >= 4 is 65.3 Å². The van der Waals surface area contributed by atoms with Crippen molar-refractivity contribution in [3.05, 3.63) is 206 Å². The van der Waals surface area contributed by atoms with E-state index in [2.05, 4.69) is 215 Å². The van der Waals surface area contributed by atoms with Crippen molar-refractivity contribution in [2.24, 2.45) is 0 Å². The third-order valence-corrected chi connectivity index (χ3v) is 11.7. The van der Waals surface area contributed by atoms with E-state index in [9.17, 15) is 0 Å². The quantitative estimate of drug-likeness (QED) is 0.176. The zero-order valence-corrected chi connectivity index (χ0v) is 31.4. The van der Waals surface area contributed by atoms with Gasteiger partial charge in [-0.15, -0.1) is 0 Å². The molecule has 0 aliphatic heterocycles. The van der Waals surface area contributed by atoms with Gasteiger partial charge in [-0.3, -0.25) is 4.57 Å². The molecule has 0 radical (unpaired) electrons. The molecular formula is C54H34N4. The highest BCUT2D eigenvalue weighted by atomic mass is 15.2. The Bertz CT molecular complexity index is 3560. The number of para-hydroxylation sites is 4. The van der Waals surface area contributed by atoms with E-state index in [-0.39, 0.29) is 0 Å². The molecule has 3 aromatic heterocycles. The standard InChI is InChI=1S/C54H34N4/c1-3-16-35(17-4-1)36-18-15-19-38(32-36)52-44-26-9-12-27-48(44)55-54(56-52)58-50-29-14-11-24-42(50)47-34-45(40-22-7-8-25-43(40)53(47)58)37-30-31-51-46(33-37)41-23-10-13-28-49(41)57(51)39-20-5-2-6-21-39/h1-34H. The van der Waals surface area contributed by atoms with E-state index >= 15 is 0 Å². The molecule has 4 nitrogen and oxygen atoms in total. The number of aromatic nitrogens is 4. The Morgan fingerprint density at radius 3 is 1.69 bits per heavy atom. The summed E-state index contributed by atoms with van der Waals surface area (Å²) < 4.78 is 4.66. The number of nitrogens with zero attached hydrogens (tertiary/aromatic N) is 4. The lowest BCUT2D eigenvalue weighted by molar-refractivity contribution is 1.02. The number of fused-ring (bicyclic) bond motifs is 9. The second-order valence-electron chi connectivity index (χ2n) is 15.0. The average Bonchev–Trinajstić information content (AvgIpc) is 3.82. The lowest BCUT2D eigenvalue weighted by atomic mass is 9.94. The number of rotatable bonds is 5. The fourth-order valence-corrected chi connectivity index (χ4v) is 9.13. The number of hydrogen-bond acceptors (Lipinski definition) is 2. The van der Waals surface area contributed by atoms with Crippen LogP contribution in [0.5, 0.6) is 0 Å². The number of benzene rings is 9. The molecule has 0 aliphatic rings. The lowest BCUT2D eigenvalue weighted by Gasteiger charge is -2.14. The van der Waals surface area contributed by atoms with E-state index in [1.54, 1.807) is 0 Å². The Hall–Kier alpha value is -7.82. The van der Waals surface area contributed by atoms with Crippen molar-refractivity contribution in [1.29, 1.82) is 0 Å². The first-order chi connectivity index (χ1) is 28.8. The van der Waals surface area contributed by atoms with E-state index in [1.165, 1.54) is 49.3 Å². The predicted molar refractivity (Wildman–Crippen MR) is 242 cm³/mol. The molecule has 0 fully saturated rings. The van der Waals surface area contributed by atoms with Gasteiger partial charge in [0, 0.05) is 43.6 Å².